The minimum absolute atomic E-state index is 0.274. The molecule has 4 heteroatoms. The van der Waals surface area contributed by atoms with Gasteiger partial charge >= 0.3 is 0 Å². The molecule has 0 bridgehead atoms. The molecule has 0 aromatic heterocycles. The van der Waals surface area contributed by atoms with Crippen molar-refractivity contribution in [3.8, 4) is 0 Å². The van der Waals surface area contributed by atoms with Crippen LogP contribution in [0.4, 0.5) is 0 Å². The van der Waals surface area contributed by atoms with Crippen LogP contribution >= 0.6 is 0 Å². The molecule has 15 heavy (non-hydrogen) atoms. The molecule has 0 saturated carbocycles. The second-order valence-corrected chi connectivity index (χ2v) is 3.35. The summed E-state index contributed by atoms with van der Waals surface area (Å²) in [5.74, 6) is -0.274. The lowest BCUT2D eigenvalue weighted by Crippen LogP contribution is -2.40. The van der Waals surface area contributed by atoms with E-state index in [2.05, 4.69) is 5.32 Å². The van der Waals surface area contributed by atoms with Gasteiger partial charge in [-0.1, -0.05) is 30.3 Å². The van der Waals surface area contributed by atoms with E-state index in [0.29, 0.717) is 5.56 Å². The molecule has 0 heterocycles. The summed E-state index contributed by atoms with van der Waals surface area (Å²) in [4.78, 5) is 10.8. The molecule has 0 aliphatic rings. The van der Waals surface area contributed by atoms with E-state index < -0.39 is 12.1 Å². The summed E-state index contributed by atoms with van der Waals surface area (Å²) in [5, 5.41) is 21.4. The minimum Gasteiger partial charge on any atom is -0.394 e. The molecule has 0 spiro atoms. The molecule has 2 atom stereocenters. The molecular formula is C11H15NO3. The first-order valence-corrected chi connectivity index (χ1v) is 4.76. The van der Waals surface area contributed by atoms with E-state index in [0.717, 1.165) is 0 Å². The Hall–Kier alpha value is -1.39. The van der Waals surface area contributed by atoms with Crippen LogP contribution in [-0.4, -0.2) is 28.8 Å². The van der Waals surface area contributed by atoms with Gasteiger partial charge in [0.25, 0.3) is 0 Å². The van der Waals surface area contributed by atoms with Crippen LogP contribution in [0.25, 0.3) is 0 Å². The smallest absolute Gasteiger partial charge is 0.217 e. The summed E-state index contributed by atoms with van der Waals surface area (Å²) in [5.41, 5.74) is 0.672. The highest BCUT2D eigenvalue weighted by Gasteiger charge is 2.20. The van der Waals surface area contributed by atoms with Crippen molar-refractivity contribution in [1.29, 1.82) is 0 Å². The summed E-state index contributed by atoms with van der Waals surface area (Å²) in [6.45, 7) is 1.05. The van der Waals surface area contributed by atoms with Gasteiger partial charge in [-0.05, 0) is 5.56 Å². The molecule has 0 saturated heterocycles. The minimum atomic E-state index is -0.889. The number of nitrogens with one attached hydrogen (secondary N) is 1. The molecule has 1 aromatic carbocycles. The quantitative estimate of drug-likeness (QED) is 0.664. The Morgan fingerprint density at radius 2 is 2.00 bits per heavy atom. The fraction of sp³-hybridized carbons (Fsp3) is 0.364. The van der Waals surface area contributed by atoms with Crippen molar-refractivity contribution in [3.05, 3.63) is 35.9 Å². The molecule has 0 fully saturated rings. The summed E-state index contributed by atoms with van der Waals surface area (Å²) in [6, 6.07) is 8.25. The van der Waals surface area contributed by atoms with Gasteiger partial charge in [0.05, 0.1) is 12.6 Å². The van der Waals surface area contributed by atoms with Crippen LogP contribution in [0.5, 0.6) is 0 Å². The normalized spacial score (nSPS) is 14.3. The van der Waals surface area contributed by atoms with E-state index in [1.807, 2.05) is 6.07 Å². The van der Waals surface area contributed by atoms with Crippen LogP contribution in [-0.2, 0) is 4.79 Å². The zero-order chi connectivity index (χ0) is 11.3. The fourth-order valence-electron chi connectivity index (χ4n) is 1.37. The van der Waals surface area contributed by atoms with Crippen LogP contribution in [0.2, 0.25) is 0 Å². The maximum absolute atomic E-state index is 10.8. The molecule has 0 radical (unpaired) electrons. The van der Waals surface area contributed by atoms with Crippen molar-refractivity contribution in [2.24, 2.45) is 0 Å². The van der Waals surface area contributed by atoms with Gasteiger partial charge in [-0.2, -0.15) is 0 Å². The number of hydrogen-bond acceptors (Lipinski definition) is 3. The maximum Gasteiger partial charge on any atom is 0.217 e. The summed E-state index contributed by atoms with van der Waals surface area (Å²) in [7, 11) is 0. The Labute approximate surface area is 88.6 Å². The standard InChI is InChI=1S/C11H15NO3/c1-8(14)12-10(7-13)11(15)9-5-3-2-4-6-9/h2-6,10-11,13,15H,7H2,1H3,(H,12,14)/t10-,11+/m1/s1. The van der Waals surface area contributed by atoms with Crippen LogP contribution in [0.3, 0.4) is 0 Å². The summed E-state index contributed by atoms with van der Waals surface area (Å²) >= 11 is 0. The van der Waals surface area contributed by atoms with Gasteiger partial charge in [0.2, 0.25) is 5.91 Å². The molecule has 1 rings (SSSR count). The van der Waals surface area contributed by atoms with Crippen molar-refractivity contribution in [1.82, 2.24) is 5.32 Å². The third-order valence-electron chi connectivity index (χ3n) is 2.11. The highest BCUT2D eigenvalue weighted by molar-refractivity contribution is 5.73. The van der Waals surface area contributed by atoms with Gasteiger partial charge in [0, 0.05) is 6.92 Å². The molecule has 1 aromatic rings. The number of benzene rings is 1. The lowest BCUT2D eigenvalue weighted by molar-refractivity contribution is -0.121. The van der Waals surface area contributed by atoms with Crippen molar-refractivity contribution in [3.63, 3.8) is 0 Å². The van der Waals surface area contributed by atoms with Crippen molar-refractivity contribution < 1.29 is 15.0 Å². The van der Waals surface area contributed by atoms with Gasteiger partial charge < -0.3 is 15.5 Å². The number of aliphatic hydroxyl groups is 2. The molecule has 3 N–H and O–H groups in total. The molecule has 1 amide bonds. The molecule has 82 valence electrons. The van der Waals surface area contributed by atoms with Gasteiger partial charge in [-0.25, -0.2) is 0 Å². The summed E-state index contributed by atoms with van der Waals surface area (Å²) < 4.78 is 0. The van der Waals surface area contributed by atoms with Gasteiger partial charge in [-0.3, -0.25) is 4.79 Å². The zero-order valence-electron chi connectivity index (χ0n) is 8.55. The Kier molecular flexibility index (Phi) is 4.27. The van der Waals surface area contributed by atoms with Gasteiger partial charge in [-0.15, -0.1) is 0 Å². The number of rotatable bonds is 4. The lowest BCUT2D eigenvalue weighted by atomic mass is 10.0. The Balaban J connectivity index is 2.73. The topological polar surface area (TPSA) is 69.6 Å². The number of amides is 1. The van der Waals surface area contributed by atoms with Crippen molar-refractivity contribution in [2.75, 3.05) is 6.61 Å². The molecule has 0 unspecified atom stereocenters. The van der Waals surface area contributed by atoms with E-state index in [1.165, 1.54) is 6.92 Å². The molecule has 0 aliphatic carbocycles. The second-order valence-electron chi connectivity index (χ2n) is 3.35. The Morgan fingerprint density at radius 3 is 2.47 bits per heavy atom. The summed E-state index contributed by atoms with van der Waals surface area (Å²) in [6.07, 6.45) is -0.889. The van der Waals surface area contributed by atoms with Gasteiger partial charge in [0.15, 0.2) is 0 Å². The number of carbonyl (C=O) groups excluding carboxylic acids is 1. The first-order chi connectivity index (χ1) is 7.15. The fourth-order valence-corrected chi connectivity index (χ4v) is 1.37. The first-order valence-electron chi connectivity index (χ1n) is 4.76. The largest absolute Gasteiger partial charge is 0.394 e. The monoisotopic (exact) mass is 209 g/mol. The highest BCUT2D eigenvalue weighted by Crippen LogP contribution is 2.15. The molecule has 4 nitrogen and oxygen atoms in total. The first kappa shape index (κ1) is 11.7. The van der Waals surface area contributed by atoms with Crippen LogP contribution in [0.15, 0.2) is 30.3 Å². The van der Waals surface area contributed by atoms with Crippen molar-refractivity contribution in [2.45, 2.75) is 19.1 Å². The predicted molar refractivity (Wildman–Crippen MR) is 56.1 cm³/mol. The third kappa shape index (κ3) is 3.34. The zero-order valence-corrected chi connectivity index (χ0v) is 8.55. The highest BCUT2D eigenvalue weighted by atomic mass is 16.3. The Bertz CT molecular complexity index is 313. The van der Waals surface area contributed by atoms with E-state index in [9.17, 15) is 9.90 Å². The average Bonchev–Trinajstić information content (AvgIpc) is 2.26. The van der Waals surface area contributed by atoms with Gasteiger partial charge in [0.1, 0.15) is 6.10 Å². The predicted octanol–water partition coefficient (Wildman–Crippen LogP) is 0.217. The average molecular weight is 209 g/mol. The van der Waals surface area contributed by atoms with Crippen molar-refractivity contribution >= 4 is 5.91 Å². The lowest BCUT2D eigenvalue weighted by Gasteiger charge is -2.21. The van der Waals surface area contributed by atoms with E-state index >= 15 is 0 Å². The van der Waals surface area contributed by atoms with E-state index in [4.69, 9.17) is 5.11 Å². The molecular weight excluding hydrogens is 194 g/mol. The molecule has 0 aliphatic heterocycles. The van der Waals surface area contributed by atoms with Crippen LogP contribution < -0.4 is 5.32 Å². The van der Waals surface area contributed by atoms with E-state index in [-0.39, 0.29) is 12.5 Å². The number of carbonyl (C=O) groups is 1. The second kappa shape index (κ2) is 5.48. The number of aliphatic hydroxyl groups excluding tert-OH is 2. The number of hydrogen-bond donors (Lipinski definition) is 3. The maximum atomic E-state index is 10.8. The van der Waals surface area contributed by atoms with Crippen LogP contribution in [0.1, 0.15) is 18.6 Å². The van der Waals surface area contributed by atoms with Crippen LogP contribution in [0, 0.1) is 0 Å². The third-order valence-corrected chi connectivity index (χ3v) is 2.11. The SMILES string of the molecule is CC(=O)N[C@H](CO)[C@@H](O)c1ccccc1. The van der Waals surface area contributed by atoms with E-state index in [1.54, 1.807) is 24.3 Å². The Morgan fingerprint density at radius 1 is 1.40 bits per heavy atom.